The van der Waals surface area contributed by atoms with Gasteiger partial charge in [-0.25, -0.2) is 4.99 Å². The lowest BCUT2D eigenvalue weighted by Crippen LogP contribution is -2.38. The Hall–Kier alpha value is -2.93. The van der Waals surface area contributed by atoms with Crippen molar-refractivity contribution in [3.8, 4) is 11.5 Å². The fraction of sp³-hybridized carbons (Fsp3) is 0.364. The van der Waals surface area contributed by atoms with Crippen molar-refractivity contribution in [1.82, 2.24) is 10.6 Å². The molecule has 0 unspecified atom stereocenters. The van der Waals surface area contributed by atoms with E-state index in [0.29, 0.717) is 35.5 Å². The van der Waals surface area contributed by atoms with Crippen molar-refractivity contribution in [2.24, 2.45) is 4.99 Å². The number of ether oxygens (including phenoxy) is 2. The highest BCUT2D eigenvalue weighted by Crippen LogP contribution is 2.26. The van der Waals surface area contributed by atoms with Crippen molar-refractivity contribution in [3.63, 3.8) is 0 Å². The fourth-order valence-electron chi connectivity index (χ4n) is 2.83. The van der Waals surface area contributed by atoms with E-state index in [1.807, 2.05) is 43.3 Å². The molecule has 30 heavy (non-hydrogen) atoms. The van der Waals surface area contributed by atoms with E-state index in [4.69, 9.17) is 21.1 Å². The largest absolute Gasteiger partial charge is 0.497 e. The third kappa shape index (κ3) is 7.15. The fourth-order valence-corrected chi connectivity index (χ4v) is 3.09. The number of rotatable bonds is 9. The van der Waals surface area contributed by atoms with Gasteiger partial charge in [0, 0.05) is 25.0 Å². The Morgan fingerprint density at radius 3 is 2.53 bits per heavy atom. The number of benzene rings is 2. The number of aliphatic imine (C=N–C) groups is 1. The second kappa shape index (κ2) is 11.9. The lowest BCUT2D eigenvalue weighted by atomic mass is 10.1. The number of halogens is 1. The normalized spacial score (nSPS) is 11.0. The first-order valence-electron chi connectivity index (χ1n) is 9.76. The summed E-state index contributed by atoms with van der Waals surface area (Å²) in [6.45, 7) is 5.36. The van der Waals surface area contributed by atoms with Gasteiger partial charge in [0.1, 0.15) is 11.5 Å². The van der Waals surface area contributed by atoms with Gasteiger partial charge in [0.15, 0.2) is 5.96 Å². The molecule has 2 rings (SSSR count). The van der Waals surface area contributed by atoms with Crippen molar-refractivity contribution in [2.45, 2.75) is 26.8 Å². The summed E-state index contributed by atoms with van der Waals surface area (Å²) in [5.41, 5.74) is 2.62. The molecule has 1 amide bonds. The standard InChI is InChI=1S/C22H29ClN4O3/c1-5-24-22(25-11-10-17-7-8-18(29-3)13-19(17)23)26-14-16-6-9-21(30-4)20(12-16)27-15(2)28/h6-9,12-13H,5,10-11,14H2,1-4H3,(H,27,28)(H2,24,25,26). The van der Waals surface area contributed by atoms with Crippen LogP contribution in [0.25, 0.3) is 0 Å². The van der Waals surface area contributed by atoms with Crippen molar-refractivity contribution in [2.75, 3.05) is 32.6 Å². The Labute approximate surface area is 182 Å². The van der Waals surface area contributed by atoms with Crippen LogP contribution in [0, 0.1) is 0 Å². The quantitative estimate of drug-likeness (QED) is 0.416. The highest BCUT2D eigenvalue weighted by Gasteiger charge is 2.07. The minimum Gasteiger partial charge on any atom is -0.497 e. The summed E-state index contributed by atoms with van der Waals surface area (Å²) < 4.78 is 10.5. The Kier molecular flexibility index (Phi) is 9.28. The Morgan fingerprint density at radius 2 is 1.90 bits per heavy atom. The predicted molar refractivity (Wildman–Crippen MR) is 122 cm³/mol. The summed E-state index contributed by atoms with van der Waals surface area (Å²) in [4.78, 5) is 16.0. The van der Waals surface area contributed by atoms with Gasteiger partial charge in [0.05, 0.1) is 26.5 Å². The van der Waals surface area contributed by atoms with Crippen LogP contribution in [0.5, 0.6) is 11.5 Å². The molecule has 0 aromatic heterocycles. The van der Waals surface area contributed by atoms with E-state index in [0.717, 1.165) is 29.8 Å². The molecule has 0 fully saturated rings. The van der Waals surface area contributed by atoms with Gasteiger partial charge in [-0.1, -0.05) is 23.7 Å². The Morgan fingerprint density at radius 1 is 1.10 bits per heavy atom. The molecule has 0 saturated carbocycles. The number of carbonyl (C=O) groups excluding carboxylic acids is 1. The van der Waals surface area contributed by atoms with Crippen LogP contribution in [-0.2, 0) is 17.8 Å². The van der Waals surface area contributed by atoms with Crippen LogP contribution in [0.1, 0.15) is 25.0 Å². The molecule has 8 heteroatoms. The SMILES string of the molecule is CCNC(=NCc1ccc(OC)c(NC(C)=O)c1)NCCc1ccc(OC)cc1Cl. The molecule has 0 spiro atoms. The van der Waals surface area contributed by atoms with Crippen LogP contribution in [-0.4, -0.2) is 39.2 Å². The zero-order chi connectivity index (χ0) is 21.9. The van der Waals surface area contributed by atoms with Gasteiger partial charge in [0.2, 0.25) is 5.91 Å². The van der Waals surface area contributed by atoms with E-state index >= 15 is 0 Å². The number of hydrogen-bond acceptors (Lipinski definition) is 4. The van der Waals surface area contributed by atoms with Crippen LogP contribution in [0.15, 0.2) is 41.4 Å². The van der Waals surface area contributed by atoms with Gasteiger partial charge in [0.25, 0.3) is 0 Å². The maximum Gasteiger partial charge on any atom is 0.221 e. The maximum absolute atomic E-state index is 11.4. The molecule has 0 bridgehead atoms. The topological polar surface area (TPSA) is 84.0 Å². The third-order valence-electron chi connectivity index (χ3n) is 4.29. The molecule has 2 aromatic carbocycles. The van der Waals surface area contributed by atoms with Gasteiger partial charge >= 0.3 is 0 Å². The number of guanidine groups is 1. The van der Waals surface area contributed by atoms with E-state index < -0.39 is 0 Å². The molecule has 0 aliphatic heterocycles. The molecule has 0 aliphatic rings. The summed E-state index contributed by atoms with van der Waals surface area (Å²) in [6.07, 6.45) is 0.752. The molecule has 3 N–H and O–H groups in total. The van der Waals surface area contributed by atoms with E-state index in [2.05, 4.69) is 20.9 Å². The minimum atomic E-state index is -0.152. The Balaban J connectivity index is 2.01. The minimum absolute atomic E-state index is 0.152. The molecule has 162 valence electrons. The van der Waals surface area contributed by atoms with Gasteiger partial charge < -0.3 is 25.4 Å². The van der Waals surface area contributed by atoms with Crippen molar-refractivity contribution >= 4 is 29.2 Å². The lowest BCUT2D eigenvalue weighted by Gasteiger charge is -2.13. The van der Waals surface area contributed by atoms with Crippen LogP contribution in [0.3, 0.4) is 0 Å². The zero-order valence-corrected chi connectivity index (χ0v) is 18.6. The zero-order valence-electron chi connectivity index (χ0n) is 17.8. The monoisotopic (exact) mass is 432 g/mol. The molecule has 0 atom stereocenters. The van der Waals surface area contributed by atoms with E-state index in [1.165, 1.54) is 6.92 Å². The number of amides is 1. The number of hydrogen-bond donors (Lipinski definition) is 3. The molecule has 0 radical (unpaired) electrons. The average Bonchev–Trinajstić information content (AvgIpc) is 2.72. The maximum atomic E-state index is 11.4. The van der Waals surface area contributed by atoms with E-state index in [1.54, 1.807) is 14.2 Å². The Bertz CT molecular complexity index is 887. The van der Waals surface area contributed by atoms with Crippen molar-refractivity contribution in [1.29, 1.82) is 0 Å². The molecular formula is C22H29ClN4O3. The van der Waals surface area contributed by atoms with Gasteiger partial charge in [-0.05, 0) is 48.7 Å². The van der Waals surface area contributed by atoms with E-state index in [-0.39, 0.29) is 5.91 Å². The van der Waals surface area contributed by atoms with Crippen LogP contribution in [0.4, 0.5) is 5.69 Å². The van der Waals surface area contributed by atoms with Crippen molar-refractivity contribution in [3.05, 3.63) is 52.5 Å². The number of nitrogens with zero attached hydrogens (tertiary/aromatic N) is 1. The second-order valence-electron chi connectivity index (χ2n) is 6.55. The second-order valence-corrected chi connectivity index (χ2v) is 6.95. The van der Waals surface area contributed by atoms with Gasteiger partial charge in [-0.15, -0.1) is 0 Å². The molecule has 0 heterocycles. The smallest absolute Gasteiger partial charge is 0.221 e. The summed E-state index contributed by atoms with van der Waals surface area (Å²) in [5.74, 6) is 1.91. The predicted octanol–water partition coefficient (Wildman–Crippen LogP) is 3.61. The third-order valence-corrected chi connectivity index (χ3v) is 4.64. The molecular weight excluding hydrogens is 404 g/mol. The van der Waals surface area contributed by atoms with Crippen LogP contribution in [0.2, 0.25) is 5.02 Å². The van der Waals surface area contributed by atoms with Gasteiger partial charge in [-0.2, -0.15) is 0 Å². The highest BCUT2D eigenvalue weighted by atomic mass is 35.5. The molecule has 0 aliphatic carbocycles. The first-order chi connectivity index (χ1) is 14.5. The lowest BCUT2D eigenvalue weighted by molar-refractivity contribution is -0.114. The van der Waals surface area contributed by atoms with Crippen LogP contribution >= 0.6 is 11.6 Å². The summed E-state index contributed by atoms with van der Waals surface area (Å²) in [5, 5.41) is 10.0. The van der Waals surface area contributed by atoms with E-state index in [9.17, 15) is 4.79 Å². The molecule has 0 saturated heterocycles. The number of carbonyl (C=O) groups is 1. The first kappa shape index (κ1) is 23.3. The molecule has 7 nitrogen and oxygen atoms in total. The number of methoxy groups -OCH3 is 2. The summed E-state index contributed by atoms with van der Waals surface area (Å²) in [7, 11) is 3.19. The summed E-state index contributed by atoms with van der Waals surface area (Å²) in [6, 6.07) is 11.3. The molecule has 2 aromatic rings. The van der Waals surface area contributed by atoms with Crippen molar-refractivity contribution < 1.29 is 14.3 Å². The average molecular weight is 433 g/mol. The van der Waals surface area contributed by atoms with Gasteiger partial charge in [-0.3, -0.25) is 4.79 Å². The number of nitrogens with one attached hydrogen (secondary N) is 3. The summed E-state index contributed by atoms with van der Waals surface area (Å²) >= 11 is 6.31. The number of anilines is 1. The highest BCUT2D eigenvalue weighted by molar-refractivity contribution is 6.31. The first-order valence-corrected chi connectivity index (χ1v) is 10.1. The van der Waals surface area contributed by atoms with Crippen LogP contribution < -0.4 is 25.4 Å².